The SMILES string of the molecule is CC.CCC.Cc1ccc2c(c1)S(=O)(=O)C1C=CC=CC1C2. The van der Waals surface area contributed by atoms with Gasteiger partial charge in [0.15, 0.2) is 9.84 Å². The molecule has 2 unspecified atom stereocenters. The smallest absolute Gasteiger partial charge is 0.185 e. The van der Waals surface area contributed by atoms with Gasteiger partial charge in [0, 0.05) is 5.92 Å². The summed E-state index contributed by atoms with van der Waals surface area (Å²) in [6, 6.07) is 5.73. The lowest BCUT2D eigenvalue weighted by Gasteiger charge is -2.30. The number of benzene rings is 1. The van der Waals surface area contributed by atoms with Crippen molar-refractivity contribution in [2.45, 2.75) is 57.6 Å². The first-order valence-electron chi connectivity index (χ1n) is 8.19. The standard InChI is InChI=1S/C14H14O2S.C3H8.C2H6/c1-10-6-7-12-9-11-4-2-3-5-13(11)17(15,16)14(12)8-10;1-3-2;1-2/h2-8,11,13H,9H2,1H3;3H2,1-2H3;1-2H3. The molecule has 0 saturated heterocycles. The zero-order valence-electron chi connectivity index (χ0n) is 14.3. The highest BCUT2D eigenvalue weighted by Gasteiger charge is 2.38. The van der Waals surface area contributed by atoms with Crippen molar-refractivity contribution in [3.8, 4) is 0 Å². The third-order valence-electron chi connectivity index (χ3n) is 3.54. The van der Waals surface area contributed by atoms with E-state index in [0.717, 1.165) is 17.5 Å². The molecule has 2 nitrogen and oxygen atoms in total. The Morgan fingerprint density at radius 3 is 2.32 bits per heavy atom. The molecule has 0 saturated carbocycles. The van der Waals surface area contributed by atoms with E-state index in [1.165, 1.54) is 6.42 Å². The molecule has 1 heterocycles. The normalized spacial score (nSPS) is 23.1. The van der Waals surface area contributed by atoms with Crippen molar-refractivity contribution in [2.24, 2.45) is 5.92 Å². The van der Waals surface area contributed by atoms with Crippen LogP contribution < -0.4 is 0 Å². The highest BCUT2D eigenvalue weighted by atomic mass is 32.2. The molecule has 1 aliphatic heterocycles. The molecule has 0 fully saturated rings. The van der Waals surface area contributed by atoms with Gasteiger partial charge >= 0.3 is 0 Å². The predicted octanol–water partition coefficient (Wildman–Crippen LogP) is 4.88. The van der Waals surface area contributed by atoms with Gasteiger partial charge in [0.2, 0.25) is 0 Å². The Bertz CT molecular complexity index is 639. The second kappa shape index (κ2) is 8.33. The molecule has 1 aromatic carbocycles. The summed E-state index contributed by atoms with van der Waals surface area (Å²) in [5.41, 5.74) is 1.96. The first kappa shape index (κ1) is 18.7. The highest BCUT2D eigenvalue weighted by Crippen LogP contribution is 2.36. The number of aryl methyl sites for hydroxylation is 1. The van der Waals surface area contributed by atoms with Crippen molar-refractivity contribution in [1.29, 1.82) is 0 Å². The van der Waals surface area contributed by atoms with Gasteiger partial charge in [0.05, 0.1) is 10.1 Å². The first-order valence-corrected chi connectivity index (χ1v) is 9.73. The van der Waals surface area contributed by atoms with Crippen LogP contribution in [0.15, 0.2) is 47.4 Å². The molecular weight excluding hydrogens is 292 g/mol. The summed E-state index contributed by atoms with van der Waals surface area (Å²) in [6.07, 6.45) is 9.66. The van der Waals surface area contributed by atoms with Gasteiger partial charge in [-0.05, 0) is 30.5 Å². The molecule has 0 spiro atoms. The number of sulfone groups is 1. The Labute approximate surface area is 135 Å². The van der Waals surface area contributed by atoms with Gasteiger partial charge in [0.1, 0.15) is 0 Å². The average molecular weight is 320 g/mol. The number of rotatable bonds is 0. The van der Waals surface area contributed by atoms with Gasteiger partial charge in [-0.1, -0.05) is 70.6 Å². The zero-order valence-corrected chi connectivity index (χ0v) is 15.2. The molecule has 3 rings (SSSR count). The summed E-state index contributed by atoms with van der Waals surface area (Å²) in [7, 11) is -3.20. The van der Waals surface area contributed by atoms with Crippen LogP contribution in [0, 0.1) is 12.8 Å². The minimum Gasteiger partial charge on any atom is -0.223 e. The fraction of sp³-hybridized carbons (Fsp3) is 0.474. The van der Waals surface area contributed by atoms with Gasteiger partial charge in [-0.15, -0.1) is 0 Å². The lowest BCUT2D eigenvalue weighted by atomic mass is 9.92. The molecule has 0 N–H and O–H groups in total. The van der Waals surface area contributed by atoms with Crippen LogP contribution in [0.3, 0.4) is 0 Å². The van der Waals surface area contributed by atoms with Crippen LogP contribution in [0.2, 0.25) is 0 Å². The molecule has 0 radical (unpaired) electrons. The number of hydrogen-bond donors (Lipinski definition) is 0. The summed E-state index contributed by atoms with van der Waals surface area (Å²) in [5.74, 6) is 0.0974. The third-order valence-corrected chi connectivity index (χ3v) is 5.75. The molecule has 3 heteroatoms. The maximum atomic E-state index is 12.5. The lowest BCUT2D eigenvalue weighted by molar-refractivity contribution is 0.542. The first-order chi connectivity index (χ1) is 10.5. The fourth-order valence-electron chi connectivity index (χ4n) is 2.65. The minimum absolute atomic E-state index is 0.0974. The summed E-state index contributed by atoms with van der Waals surface area (Å²) in [6.45, 7) is 10.2. The van der Waals surface area contributed by atoms with Gasteiger partial charge in [-0.2, -0.15) is 0 Å². The Morgan fingerprint density at radius 1 is 1.09 bits per heavy atom. The van der Waals surface area contributed by atoms with E-state index in [1.54, 1.807) is 6.07 Å². The topological polar surface area (TPSA) is 34.1 Å². The molecule has 2 atom stereocenters. The van der Waals surface area contributed by atoms with Gasteiger partial charge in [-0.25, -0.2) is 8.42 Å². The van der Waals surface area contributed by atoms with Gasteiger partial charge < -0.3 is 0 Å². The van der Waals surface area contributed by atoms with E-state index >= 15 is 0 Å². The number of allylic oxidation sites excluding steroid dienone is 3. The quantitative estimate of drug-likeness (QED) is 0.683. The molecule has 1 aliphatic carbocycles. The van der Waals surface area contributed by atoms with Crippen molar-refractivity contribution in [1.82, 2.24) is 0 Å². The number of fused-ring (bicyclic) bond motifs is 2. The van der Waals surface area contributed by atoms with Crippen LogP contribution >= 0.6 is 0 Å². The molecule has 122 valence electrons. The molecule has 0 amide bonds. The Kier molecular flexibility index (Phi) is 7.08. The largest absolute Gasteiger partial charge is 0.223 e. The summed E-state index contributed by atoms with van der Waals surface area (Å²) < 4.78 is 25.0. The number of hydrogen-bond acceptors (Lipinski definition) is 2. The zero-order chi connectivity index (χ0) is 16.8. The van der Waals surface area contributed by atoms with E-state index in [9.17, 15) is 8.42 Å². The Morgan fingerprint density at radius 2 is 1.68 bits per heavy atom. The van der Waals surface area contributed by atoms with Crippen molar-refractivity contribution < 1.29 is 8.42 Å². The Hall–Kier alpha value is -1.35. The maximum Gasteiger partial charge on any atom is 0.185 e. The molecule has 22 heavy (non-hydrogen) atoms. The van der Waals surface area contributed by atoms with E-state index in [2.05, 4.69) is 13.8 Å². The van der Waals surface area contributed by atoms with Crippen molar-refractivity contribution in [3.05, 3.63) is 53.6 Å². The van der Waals surface area contributed by atoms with Gasteiger partial charge in [-0.3, -0.25) is 0 Å². The van der Waals surface area contributed by atoms with E-state index in [4.69, 9.17) is 0 Å². The molecule has 0 bridgehead atoms. The van der Waals surface area contributed by atoms with Crippen LogP contribution in [0.5, 0.6) is 0 Å². The molecule has 0 aromatic heterocycles. The van der Waals surface area contributed by atoms with Crippen molar-refractivity contribution in [3.63, 3.8) is 0 Å². The summed E-state index contributed by atoms with van der Waals surface area (Å²) >= 11 is 0. The van der Waals surface area contributed by atoms with E-state index < -0.39 is 9.84 Å². The predicted molar refractivity (Wildman–Crippen MR) is 94.9 cm³/mol. The highest BCUT2D eigenvalue weighted by molar-refractivity contribution is 7.92. The maximum absolute atomic E-state index is 12.5. The van der Waals surface area contributed by atoms with Gasteiger partial charge in [0.25, 0.3) is 0 Å². The van der Waals surface area contributed by atoms with E-state index in [0.29, 0.717) is 4.90 Å². The minimum atomic E-state index is -3.20. The third kappa shape index (κ3) is 3.89. The average Bonchev–Trinajstić information content (AvgIpc) is 2.51. The van der Waals surface area contributed by atoms with Crippen LogP contribution in [0.4, 0.5) is 0 Å². The van der Waals surface area contributed by atoms with Crippen molar-refractivity contribution in [2.75, 3.05) is 0 Å². The fourth-order valence-corrected chi connectivity index (χ4v) is 4.75. The van der Waals surface area contributed by atoms with Crippen LogP contribution in [0.25, 0.3) is 0 Å². The van der Waals surface area contributed by atoms with E-state index in [-0.39, 0.29) is 11.2 Å². The molecule has 1 aromatic rings. The second-order valence-electron chi connectivity index (χ2n) is 5.47. The summed E-state index contributed by atoms with van der Waals surface area (Å²) in [5, 5.41) is -0.373. The summed E-state index contributed by atoms with van der Waals surface area (Å²) in [4.78, 5) is 0.527. The monoisotopic (exact) mass is 320 g/mol. The van der Waals surface area contributed by atoms with Crippen molar-refractivity contribution >= 4 is 9.84 Å². The lowest BCUT2D eigenvalue weighted by Crippen LogP contribution is -2.34. The molecule has 2 aliphatic rings. The molecular formula is C19H28O2S. The van der Waals surface area contributed by atoms with E-state index in [1.807, 2.05) is 57.2 Å². The van der Waals surface area contributed by atoms with Crippen LogP contribution in [-0.2, 0) is 16.3 Å². The second-order valence-corrected chi connectivity index (χ2v) is 7.54. The Balaban J connectivity index is 0.000000435. The van der Waals surface area contributed by atoms with Crippen LogP contribution in [0.1, 0.15) is 45.2 Å². The van der Waals surface area contributed by atoms with Crippen LogP contribution in [-0.4, -0.2) is 13.7 Å².